The third kappa shape index (κ3) is 6.71. The molecule has 65 heavy (non-hydrogen) atoms. The molecular weight excluding hydrogens is 863 g/mol. The first-order valence-electron chi connectivity index (χ1n) is 22.2. The largest absolute Gasteiger partial charge is 0.449 e. The summed E-state index contributed by atoms with van der Waals surface area (Å²) in [6.45, 7) is 9.96. The summed E-state index contributed by atoms with van der Waals surface area (Å²) in [7, 11) is -3.74. The van der Waals surface area contributed by atoms with Gasteiger partial charge in [0.05, 0.1) is 0 Å². The minimum atomic E-state index is -1.87. The number of benzene rings is 9. The van der Waals surface area contributed by atoms with E-state index in [1.807, 2.05) is 59.9 Å². The summed E-state index contributed by atoms with van der Waals surface area (Å²) < 4.78 is 12.7. The fourth-order valence-electron chi connectivity index (χ4n) is 9.98. The van der Waals surface area contributed by atoms with E-state index < -0.39 is 16.1 Å². The van der Waals surface area contributed by atoms with E-state index in [2.05, 4.69) is 195 Å². The Labute approximate surface area is 391 Å². The molecule has 0 spiro atoms. The van der Waals surface area contributed by atoms with Crippen molar-refractivity contribution in [3.8, 4) is 56.4 Å². The Morgan fingerprint density at radius 2 is 0.708 bits per heavy atom. The first kappa shape index (κ1) is 40.1. The monoisotopic (exact) mass is 907 g/mol. The van der Waals surface area contributed by atoms with Crippen molar-refractivity contribution in [1.29, 1.82) is 0 Å². The van der Waals surface area contributed by atoms with Gasteiger partial charge in [-0.2, -0.15) is 0 Å². The third-order valence-corrected chi connectivity index (χ3v) is 23.7. The van der Waals surface area contributed by atoms with Crippen LogP contribution >= 0.6 is 23.5 Å². The minimum absolute atomic E-state index is 0.716. The van der Waals surface area contributed by atoms with Crippen LogP contribution in [0.3, 0.4) is 0 Å². The van der Waals surface area contributed by atoms with Crippen molar-refractivity contribution in [2.45, 2.75) is 45.8 Å². The summed E-state index contributed by atoms with van der Waals surface area (Å²) in [4.78, 5) is 7.95. The van der Waals surface area contributed by atoms with E-state index in [1.165, 1.54) is 62.6 Å². The minimum Gasteiger partial charge on any atom is -0.449 e. The lowest BCUT2D eigenvalue weighted by molar-refractivity contribution is 0.361. The van der Waals surface area contributed by atoms with Crippen LogP contribution in [0.15, 0.2) is 220 Å². The van der Waals surface area contributed by atoms with Gasteiger partial charge in [-0.1, -0.05) is 183 Å². The summed E-state index contributed by atoms with van der Waals surface area (Å²) in [6, 6.07) is 73.0. The van der Waals surface area contributed by atoms with Crippen molar-refractivity contribution < 1.29 is 9.47 Å². The molecule has 12 rings (SSSR count). The van der Waals surface area contributed by atoms with E-state index in [9.17, 15) is 0 Å². The van der Waals surface area contributed by atoms with Crippen LogP contribution in [0.5, 0.6) is 23.0 Å². The second kappa shape index (κ2) is 15.6. The van der Waals surface area contributed by atoms with Gasteiger partial charge in [0.1, 0.15) is 16.1 Å². The maximum atomic E-state index is 6.47. The molecule has 0 atom stereocenters. The zero-order valence-corrected chi connectivity index (χ0v) is 40.3. The van der Waals surface area contributed by atoms with Crippen LogP contribution in [-0.2, 0) is 0 Å². The van der Waals surface area contributed by atoms with Crippen molar-refractivity contribution in [3.63, 3.8) is 0 Å². The maximum absolute atomic E-state index is 6.47. The standard InChI is InChI=1S/C58H45NO2S2Si2/c1-64(2)52-22-9-7-20-50(52)62-57-45(15-12-24-54(57)64)39-28-34-42(35-29-39)59(41-32-26-38(27-33-41)44-14-11-19-49-56(44)61-48-18-6-5-17-47(48)60-49)43-36-30-40(31-37-43)46-16-13-25-55-58(46)63-51-21-8-10-23-53(51)65(55,3)4/h5-37H,1-4H3. The molecule has 0 saturated carbocycles. The Kier molecular flexibility index (Phi) is 9.61. The Morgan fingerprint density at radius 3 is 1.20 bits per heavy atom. The van der Waals surface area contributed by atoms with Gasteiger partial charge in [0.25, 0.3) is 0 Å². The fraction of sp³-hybridized carbons (Fsp3) is 0.0690. The van der Waals surface area contributed by atoms with Crippen LogP contribution in [-0.4, -0.2) is 16.1 Å². The average Bonchev–Trinajstić information content (AvgIpc) is 3.34. The van der Waals surface area contributed by atoms with Gasteiger partial charge >= 0.3 is 0 Å². The van der Waals surface area contributed by atoms with Crippen LogP contribution in [0.25, 0.3) is 33.4 Å². The number of hydrogen-bond acceptors (Lipinski definition) is 5. The van der Waals surface area contributed by atoms with E-state index in [-0.39, 0.29) is 0 Å². The van der Waals surface area contributed by atoms with Crippen molar-refractivity contribution in [3.05, 3.63) is 200 Å². The molecule has 0 N–H and O–H groups in total. The number of nitrogens with zero attached hydrogens (tertiary/aromatic N) is 1. The fourth-order valence-corrected chi connectivity index (χ4v) is 21.1. The predicted octanol–water partition coefficient (Wildman–Crippen LogP) is 14.6. The number of hydrogen-bond donors (Lipinski definition) is 0. The average molecular weight is 908 g/mol. The highest BCUT2D eigenvalue weighted by Gasteiger charge is 2.37. The molecule has 3 nitrogen and oxygen atoms in total. The topological polar surface area (TPSA) is 21.7 Å². The van der Waals surface area contributed by atoms with Crippen LogP contribution in [0.4, 0.5) is 17.1 Å². The van der Waals surface area contributed by atoms with Crippen LogP contribution in [0.2, 0.25) is 26.2 Å². The molecule has 9 aromatic rings. The number of anilines is 3. The number of para-hydroxylation sites is 3. The second-order valence-corrected chi connectivity index (χ2v) is 28.8. The lowest BCUT2D eigenvalue weighted by atomic mass is 10.0. The lowest BCUT2D eigenvalue weighted by Crippen LogP contribution is -2.56. The zero-order chi connectivity index (χ0) is 43.9. The quantitative estimate of drug-likeness (QED) is 0.155. The summed E-state index contributed by atoms with van der Waals surface area (Å²) >= 11 is 3.86. The normalized spacial score (nSPS) is 14.5. The Balaban J connectivity index is 0.927. The number of ether oxygens (including phenoxy) is 2. The summed E-state index contributed by atoms with van der Waals surface area (Å²) in [5, 5.41) is 6.08. The molecule has 0 saturated heterocycles. The van der Waals surface area contributed by atoms with Crippen LogP contribution in [0, 0.1) is 0 Å². The third-order valence-electron chi connectivity index (χ3n) is 13.5. The lowest BCUT2D eigenvalue weighted by Gasteiger charge is -2.34. The highest BCUT2D eigenvalue weighted by molar-refractivity contribution is 8.00. The Hall–Kier alpha value is -6.49. The predicted molar refractivity (Wildman–Crippen MR) is 279 cm³/mol. The van der Waals surface area contributed by atoms with Crippen LogP contribution < -0.4 is 35.1 Å². The van der Waals surface area contributed by atoms with Crippen molar-refractivity contribution in [2.75, 3.05) is 4.90 Å². The second-order valence-electron chi connectivity index (χ2n) is 18.1. The van der Waals surface area contributed by atoms with E-state index >= 15 is 0 Å². The molecular formula is C58H45NO2S2Si2. The molecule has 9 aromatic carbocycles. The Morgan fingerprint density at radius 1 is 0.338 bits per heavy atom. The zero-order valence-electron chi connectivity index (χ0n) is 36.6. The molecule has 3 aliphatic heterocycles. The molecule has 0 aromatic heterocycles. The maximum Gasteiger partial charge on any atom is 0.177 e. The molecule has 7 heteroatoms. The van der Waals surface area contributed by atoms with Gasteiger partial charge in [-0.05, 0) is 115 Å². The van der Waals surface area contributed by atoms with E-state index in [4.69, 9.17) is 9.47 Å². The smallest absolute Gasteiger partial charge is 0.177 e. The molecule has 0 unspecified atom stereocenters. The van der Waals surface area contributed by atoms with Gasteiger partial charge in [0.15, 0.2) is 23.0 Å². The van der Waals surface area contributed by atoms with Gasteiger partial charge in [0, 0.05) is 42.2 Å². The summed E-state index contributed by atoms with van der Waals surface area (Å²) in [5.74, 6) is 2.89. The van der Waals surface area contributed by atoms with Crippen molar-refractivity contribution >= 4 is 77.5 Å². The van der Waals surface area contributed by atoms with Gasteiger partial charge in [0.2, 0.25) is 0 Å². The molecule has 3 aliphatic rings. The molecule has 0 radical (unpaired) electrons. The molecule has 0 amide bonds. The Bertz CT molecular complexity index is 3180. The van der Waals surface area contributed by atoms with Gasteiger partial charge in [-0.25, -0.2) is 0 Å². The summed E-state index contributed by atoms with van der Waals surface area (Å²) in [5.41, 5.74) is 10.3. The molecule has 0 fully saturated rings. The van der Waals surface area contributed by atoms with Crippen molar-refractivity contribution in [1.82, 2.24) is 0 Å². The number of rotatable bonds is 6. The molecule has 314 valence electrons. The van der Waals surface area contributed by atoms with Gasteiger partial charge < -0.3 is 14.4 Å². The highest BCUT2D eigenvalue weighted by Crippen LogP contribution is 2.50. The van der Waals surface area contributed by atoms with E-state index in [1.54, 1.807) is 0 Å². The van der Waals surface area contributed by atoms with E-state index in [0.717, 1.165) is 45.4 Å². The first-order valence-corrected chi connectivity index (χ1v) is 29.9. The highest BCUT2D eigenvalue weighted by atomic mass is 32.2. The van der Waals surface area contributed by atoms with Crippen LogP contribution in [0.1, 0.15) is 0 Å². The van der Waals surface area contributed by atoms with Crippen molar-refractivity contribution in [2.24, 2.45) is 0 Å². The van der Waals surface area contributed by atoms with Gasteiger partial charge in [-0.3, -0.25) is 0 Å². The summed E-state index contributed by atoms with van der Waals surface area (Å²) in [6.07, 6.45) is 0. The molecule has 0 aliphatic carbocycles. The SMILES string of the molecule is C[Si]1(C)c2ccccc2Sc2c(-c3ccc(N(c4ccc(-c5cccc6c5Oc5ccccc5O6)cc4)c4ccc(-c5cccc6c5Sc5ccccc5[Si]6(C)C)cc4)cc3)cccc21. The molecule has 0 bridgehead atoms. The first-order chi connectivity index (χ1) is 31.7. The number of fused-ring (bicyclic) bond motifs is 6. The van der Waals surface area contributed by atoms with Gasteiger partial charge in [-0.15, -0.1) is 0 Å². The molecule has 3 heterocycles. The van der Waals surface area contributed by atoms with E-state index in [0.29, 0.717) is 5.75 Å².